The number of hydrogen-bond acceptors (Lipinski definition) is 1. The fourth-order valence-corrected chi connectivity index (χ4v) is 9.39. The first-order valence-corrected chi connectivity index (χ1v) is 13.4. The predicted molar refractivity (Wildman–Crippen MR) is 131 cm³/mol. The Kier molecular flexibility index (Phi) is 10.8. The number of rotatable bonds is 4. The van der Waals surface area contributed by atoms with Crippen LogP contribution in [-0.4, -0.2) is 15.7 Å². The van der Waals surface area contributed by atoms with Gasteiger partial charge in [-0.15, -0.1) is 0 Å². The zero-order chi connectivity index (χ0) is 19.8. The molecular weight excluding hydrogens is 431 g/mol. The van der Waals surface area contributed by atoms with E-state index in [0.29, 0.717) is 4.75 Å². The van der Waals surface area contributed by atoms with Gasteiger partial charge in [-0.25, -0.2) is 0 Å². The van der Waals surface area contributed by atoms with Crippen LogP contribution in [-0.2, 0) is 17.1 Å². The summed E-state index contributed by atoms with van der Waals surface area (Å²) in [5.74, 6) is 0. The molecule has 0 bridgehead atoms. The summed E-state index contributed by atoms with van der Waals surface area (Å²) >= 11 is 2.21. The molecule has 0 N–H and O–H groups in total. The molecule has 0 heterocycles. The minimum atomic E-state index is -0.265. The molecule has 0 saturated heterocycles. The molecule has 2 atom stereocenters. The van der Waals surface area contributed by atoms with Crippen molar-refractivity contribution in [3.8, 4) is 0 Å². The van der Waals surface area contributed by atoms with Crippen molar-refractivity contribution in [2.45, 2.75) is 87.8 Å². The van der Waals surface area contributed by atoms with Crippen molar-refractivity contribution in [2.75, 3.05) is 0 Å². The van der Waals surface area contributed by atoms with Crippen LogP contribution in [0.5, 0.6) is 0 Å². The van der Waals surface area contributed by atoms with Crippen LogP contribution in [0.1, 0.15) is 72.1 Å². The van der Waals surface area contributed by atoms with E-state index in [2.05, 4.69) is 93.2 Å². The molecular formula is C26H37FePS. The van der Waals surface area contributed by atoms with Crippen molar-refractivity contribution < 1.29 is 17.1 Å². The Morgan fingerprint density at radius 3 is 1.55 bits per heavy atom. The van der Waals surface area contributed by atoms with Crippen molar-refractivity contribution in [1.82, 2.24) is 0 Å². The van der Waals surface area contributed by atoms with E-state index in [0.717, 1.165) is 10.9 Å². The first kappa shape index (κ1) is 25.0. The third-order valence-electron chi connectivity index (χ3n) is 5.57. The zero-order valence-corrected chi connectivity index (χ0v) is 21.1. The summed E-state index contributed by atoms with van der Waals surface area (Å²) in [6.45, 7) is 7.08. The van der Waals surface area contributed by atoms with Crippen LogP contribution in [0.4, 0.5) is 0 Å². The van der Waals surface area contributed by atoms with Crippen LogP contribution >= 0.6 is 19.7 Å². The Balaban J connectivity index is 0.000000437. The van der Waals surface area contributed by atoms with Gasteiger partial charge in [-0.05, 0) is 37.0 Å². The maximum absolute atomic E-state index is 2.36. The van der Waals surface area contributed by atoms with Gasteiger partial charge in [0.25, 0.3) is 0 Å². The molecule has 2 fully saturated rings. The molecule has 2 aromatic carbocycles. The van der Waals surface area contributed by atoms with Crippen LogP contribution in [0.25, 0.3) is 0 Å². The second kappa shape index (κ2) is 12.6. The first-order valence-electron chi connectivity index (χ1n) is 11.1. The Morgan fingerprint density at radius 1 is 0.690 bits per heavy atom. The maximum Gasteiger partial charge on any atom is 0.0126 e. The van der Waals surface area contributed by atoms with Crippen LogP contribution in [0.15, 0.2) is 60.7 Å². The van der Waals surface area contributed by atoms with Gasteiger partial charge in [-0.1, -0.05) is 120 Å². The average Bonchev–Trinajstić information content (AvgIpc) is 3.39. The Labute approximate surface area is 195 Å². The Bertz CT molecular complexity index is 632. The molecule has 4 rings (SSSR count). The molecule has 2 aliphatic rings. The van der Waals surface area contributed by atoms with Gasteiger partial charge in [-0.2, -0.15) is 11.8 Å². The molecule has 0 aromatic heterocycles. The van der Waals surface area contributed by atoms with Gasteiger partial charge in [0.15, 0.2) is 0 Å². The number of hydrogen-bond donors (Lipinski definition) is 0. The Hall–Kier alpha value is -0.261. The molecule has 29 heavy (non-hydrogen) atoms. The monoisotopic (exact) mass is 468 g/mol. The zero-order valence-electron chi connectivity index (χ0n) is 18.3. The molecule has 2 aliphatic carbocycles. The molecule has 0 aliphatic heterocycles. The van der Waals surface area contributed by atoms with Gasteiger partial charge in [0.2, 0.25) is 0 Å². The summed E-state index contributed by atoms with van der Waals surface area (Å²) in [4.78, 5) is 0. The second-order valence-electron chi connectivity index (χ2n) is 9.08. The number of thioether (sulfide) groups is 1. The molecule has 3 heteroatoms. The van der Waals surface area contributed by atoms with E-state index in [4.69, 9.17) is 0 Å². The third kappa shape index (κ3) is 8.06. The normalized spacial score (nSPS) is 21.4. The summed E-state index contributed by atoms with van der Waals surface area (Å²) in [6, 6.07) is 22.5. The molecule has 0 radical (unpaired) electrons. The second-order valence-corrected chi connectivity index (χ2v) is 13.6. The van der Waals surface area contributed by atoms with Crippen LogP contribution in [0.2, 0.25) is 0 Å². The van der Waals surface area contributed by atoms with Crippen molar-refractivity contribution in [3.05, 3.63) is 60.7 Å². The molecule has 160 valence electrons. The first-order chi connectivity index (χ1) is 13.5. The summed E-state index contributed by atoms with van der Waals surface area (Å²) in [6.07, 6.45) is 11.6. The summed E-state index contributed by atoms with van der Waals surface area (Å²) < 4.78 is 0.349. The third-order valence-corrected chi connectivity index (χ3v) is 10.3. The SMILES string of the molecule is C1CCCC1.CC(C)(C)SC1CCCC1P(c1ccccc1)c1ccccc1.[Fe]. The van der Waals surface area contributed by atoms with Crippen LogP contribution in [0, 0.1) is 0 Å². The topological polar surface area (TPSA) is 0 Å². The summed E-state index contributed by atoms with van der Waals surface area (Å²) in [5.41, 5.74) is 0.805. The van der Waals surface area contributed by atoms with Gasteiger partial charge in [0.1, 0.15) is 0 Å². The van der Waals surface area contributed by atoms with E-state index in [1.54, 1.807) is 10.6 Å². The van der Waals surface area contributed by atoms with E-state index < -0.39 is 0 Å². The van der Waals surface area contributed by atoms with Gasteiger partial charge in [0.05, 0.1) is 0 Å². The van der Waals surface area contributed by atoms with Crippen LogP contribution < -0.4 is 10.6 Å². The molecule has 0 spiro atoms. The van der Waals surface area contributed by atoms with Gasteiger partial charge in [0, 0.05) is 27.1 Å². The van der Waals surface area contributed by atoms with Gasteiger partial charge >= 0.3 is 0 Å². The van der Waals surface area contributed by atoms with E-state index in [9.17, 15) is 0 Å². The van der Waals surface area contributed by atoms with Crippen molar-refractivity contribution >= 4 is 30.3 Å². The van der Waals surface area contributed by atoms with E-state index in [-0.39, 0.29) is 25.0 Å². The standard InChI is InChI=1S/C21H27PS.C5H10.Fe/c1-21(2,3)23-20-16-10-15-19(20)22(17-11-6-4-7-12-17)18-13-8-5-9-14-18;1-2-4-5-3-1;/h4-9,11-14,19-20H,10,15-16H2,1-3H3;1-5H2;. The average molecular weight is 468 g/mol. The minimum absolute atomic E-state index is 0. The van der Waals surface area contributed by atoms with Crippen molar-refractivity contribution in [1.29, 1.82) is 0 Å². The molecule has 0 amide bonds. The molecule has 2 unspecified atom stereocenters. The fraction of sp³-hybridized carbons (Fsp3) is 0.538. The molecule has 2 saturated carbocycles. The van der Waals surface area contributed by atoms with Crippen molar-refractivity contribution in [2.24, 2.45) is 0 Å². The maximum atomic E-state index is 2.36. The van der Waals surface area contributed by atoms with Gasteiger partial charge in [-0.3, -0.25) is 0 Å². The largest absolute Gasteiger partial charge is 0.152 e. The number of benzene rings is 2. The predicted octanol–water partition coefficient (Wildman–Crippen LogP) is 7.52. The molecule has 0 nitrogen and oxygen atoms in total. The van der Waals surface area contributed by atoms with E-state index in [1.165, 1.54) is 51.4 Å². The fourth-order valence-electron chi connectivity index (χ4n) is 4.39. The summed E-state index contributed by atoms with van der Waals surface area (Å²) in [5, 5.41) is 3.88. The van der Waals surface area contributed by atoms with Crippen LogP contribution in [0.3, 0.4) is 0 Å². The Morgan fingerprint density at radius 2 is 1.14 bits per heavy atom. The minimum Gasteiger partial charge on any atom is -0.152 e. The smallest absolute Gasteiger partial charge is 0.0126 e. The van der Waals surface area contributed by atoms with Gasteiger partial charge < -0.3 is 0 Å². The van der Waals surface area contributed by atoms with Crippen molar-refractivity contribution in [3.63, 3.8) is 0 Å². The molecule has 2 aromatic rings. The summed E-state index contributed by atoms with van der Waals surface area (Å²) in [7, 11) is -0.265. The van der Waals surface area contributed by atoms with E-state index >= 15 is 0 Å². The van der Waals surface area contributed by atoms with E-state index in [1.807, 2.05) is 0 Å². The quantitative estimate of drug-likeness (QED) is 0.330.